The van der Waals surface area contributed by atoms with Crippen molar-refractivity contribution in [1.82, 2.24) is 9.97 Å². The van der Waals surface area contributed by atoms with E-state index < -0.39 is 0 Å². The minimum absolute atomic E-state index is 0.156. The van der Waals surface area contributed by atoms with Gasteiger partial charge in [-0.25, -0.2) is 4.98 Å². The van der Waals surface area contributed by atoms with Gasteiger partial charge in [0.1, 0.15) is 5.82 Å². The van der Waals surface area contributed by atoms with Gasteiger partial charge < -0.3 is 5.73 Å². The summed E-state index contributed by atoms with van der Waals surface area (Å²) < 4.78 is 0. The molecule has 2 N–H and O–H groups in total. The molecule has 0 aliphatic carbocycles. The molecule has 1 rings (SSSR count). The van der Waals surface area contributed by atoms with E-state index in [4.69, 9.17) is 5.73 Å². The molecule has 1 atom stereocenters. The molecule has 0 radical (unpaired) electrons. The maximum absolute atomic E-state index is 5.65. The van der Waals surface area contributed by atoms with E-state index >= 15 is 0 Å². The van der Waals surface area contributed by atoms with Crippen LogP contribution in [0.25, 0.3) is 0 Å². The van der Waals surface area contributed by atoms with Gasteiger partial charge in [0.25, 0.3) is 0 Å². The average molecular weight is 277 g/mol. The molecule has 0 saturated carbocycles. The van der Waals surface area contributed by atoms with Crippen LogP contribution in [0.1, 0.15) is 84.3 Å². The second-order valence-corrected chi connectivity index (χ2v) is 6.15. The molecule has 1 heterocycles. The first kappa shape index (κ1) is 16.9. The molecule has 0 fully saturated rings. The lowest BCUT2D eigenvalue weighted by atomic mass is 9.77. The van der Waals surface area contributed by atoms with E-state index in [0.717, 1.165) is 5.69 Å². The van der Waals surface area contributed by atoms with Gasteiger partial charge in [-0.15, -0.1) is 0 Å². The van der Waals surface area contributed by atoms with Crippen molar-refractivity contribution < 1.29 is 0 Å². The van der Waals surface area contributed by atoms with Crippen LogP contribution in [0.15, 0.2) is 12.4 Å². The van der Waals surface area contributed by atoms with E-state index in [1.165, 1.54) is 57.8 Å². The summed E-state index contributed by atoms with van der Waals surface area (Å²) in [6, 6.07) is 0. The van der Waals surface area contributed by atoms with Crippen LogP contribution in [-0.2, 0) is 5.41 Å². The highest BCUT2D eigenvalue weighted by Gasteiger charge is 2.27. The number of unbranched alkanes of at least 4 members (excludes halogenated alkanes) is 5. The molecule has 0 spiro atoms. The number of hydrogen-bond acceptors (Lipinski definition) is 3. The van der Waals surface area contributed by atoms with E-state index in [1.807, 2.05) is 6.20 Å². The second-order valence-electron chi connectivity index (χ2n) is 6.15. The number of rotatable bonds is 10. The Hall–Kier alpha value is -1.12. The van der Waals surface area contributed by atoms with Crippen LogP contribution in [0.2, 0.25) is 0 Å². The smallest absolute Gasteiger partial charge is 0.141 e. The van der Waals surface area contributed by atoms with Crippen LogP contribution in [0.3, 0.4) is 0 Å². The molecule has 114 valence electrons. The van der Waals surface area contributed by atoms with Gasteiger partial charge in [-0.2, -0.15) is 0 Å². The summed E-state index contributed by atoms with van der Waals surface area (Å²) in [5, 5.41) is 0. The lowest BCUT2D eigenvalue weighted by Gasteiger charge is -2.29. The van der Waals surface area contributed by atoms with Gasteiger partial charge in [0.05, 0.1) is 18.1 Å². The number of nitrogens with two attached hydrogens (primary N) is 1. The molecular weight excluding hydrogens is 246 g/mol. The van der Waals surface area contributed by atoms with Crippen molar-refractivity contribution in [2.24, 2.45) is 0 Å². The lowest BCUT2D eigenvalue weighted by molar-refractivity contribution is 0.358. The van der Waals surface area contributed by atoms with Gasteiger partial charge in [0.15, 0.2) is 0 Å². The number of nitrogen functional groups attached to an aromatic ring is 1. The minimum Gasteiger partial charge on any atom is -0.382 e. The first-order chi connectivity index (χ1) is 9.62. The molecule has 0 bridgehead atoms. The predicted octanol–water partition coefficient (Wildman–Crippen LogP) is 4.87. The van der Waals surface area contributed by atoms with Crippen LogP contribution in [0.5, 0.6) is 0 Å². The summed E-state index contributed by atoms with van der Waals surface area (Å²) in [5.41, 5.74) is 6.91. The fourth-order valence-electron chi connectivity index (χ4n) is 2.72. The van der Waals surface area contributed by atoms with Crippen molar-refractivity contribution in [3.05, 3.63) is 18.1 Å². The highest BCUT2D eigenvalue weighted by atomic mass is 14.9. The molecule has 0 aliphatic rings. The fourth-order valence-corrected chi connectivity index (χ4v) is 2.72. The largest absolute Gasteiger partial charge is 0.382 e. The Morgan fingerprint density at radius 1 is 0.900 bits per heavy atom. The Kier molecular flexibility index (Phi) is 7.56. The first-order valence-corrected chi connectivity index (χ1v) is 8.20. The zero-order chi connectivity index (χ0) is 14.8. The molecule has 3 heteroatoms. The second kappa shape index (κ2) is 8.93. The van der Waals surface area contributed by atoms with Crippen LogP contribution in [0.4, 0.5) is 5.82 Å². The molecular formula is C17H31N3. The molecule has 1 aromatic heterocycles. The van der Waals surface area contributed by atoms with Crippen LogP contribution < -0.4 is 5.73 Å². The van der Waals surface area contributed by atoms with E-state index in [0.29, 0.717) is 5.82 Å². The van der Waals surface area contributed by atoms with Crippen molar-refractivity contribution in [1.29, 1.82) is 0 Å². The monoisotopic (exact) mass is 277 g/mol. The van der Waals surface area contributed by atoms with E-state index in [9.17, 15) is 0 Å². The number of aromatic nitrogens is 2. The van der Waals surface area contributed by atoms with Gasteiger partial charge >= 0.3 is 0 Å². The standard InChI is InChI=1S/C17H31N3/c1-4-6-8-9-10-12-17(3,11-7-5-2)15-13-20-16(18)14-19-15/h13-14H,4-12H2,1-3H3,(H2,18,20). The van der Waals surface area contributed by atoms with Crippen molar-refractivity contribution in [2.75, 3.05) is 5.73 Å². The van der Waals surface area contributed by atoms with E-state index in [-0.39, 0.29) is 5.41 Å². The van der Waals surface area contributed by atoms with Gasteiger partial charge in [0, 0.05) is 5.41 Å². The maximum Gasteiger partial charge on any atom is 0.141 e. The third kappa shape index (κ3) is 5.48. The predicted molar refractivity (Wildman–Crippen MR) is 86.7 cm³/mol. The molecule has 20 heavy (non-hydrogen) atoms. The molecule has 3 nitrogen and oxygen atoms in total. The van der Waals surface area contributed by atoms with Crippen molar-refractivity contribution >= 4 is 5.82 Å². The minimum atomic E-state index is 0.156. The molecule has 0 amide bonds. The maximum atomic E-state index is 5.65. The first-order valence-electron chi connectivity index (χ1n) is 8.20. The summed E-state index contributed by atoms with van der Waals surface area (Å²) in [7, 11) is 0. The normalized spacial score (nSPS) is 14.2. The third-order valence-corrected chi connectivity index (χ3v) is 4.20. The highest BCUT2D eigenvalue weighted by molar-refractivity contribution is 5.25. The van der Waals surface area contributed by atoms with Gasteiger partial charge in [-0.1, -0.05) is 65.7 Å². The summed E-state index contributed by atoms with van der Waals surface area (Å²) in [6.45, 7) is 6.84. The quantitative estimate of drug-likeness (QED) is 0.621. The van der Waals surface area contributed by atoms with Crippen LogP contribution in [-0.4, -0.2) is 9.97 Å². The van der Waals surface area contributed by atoms with Crippen molar-refractivity contribution in [3.63, 3.8) is 0 Å². The Balaban J connectivity index is 2.62. The summed E-state index contributed by atoms with van der Waals surface area (Å²) in [4.78, 5) is 8.76. The molecule has 0 saturated heterocycles. The number of anilines is 1. The molecule has 1 unspecified atom stereocenters. The van der Waals surface area contributed by atoms with Crippen molar-refractivity contribution in [3.8, 4) is 0 Å². The Morgan fingerprint density at radius 2 is 1.55 bits per heavy atom. The average Bonchev–Trinajstić information content (AvgIpc) is 2.45. The summed E-state index contributed by atoms with van der Waals surface area (Å²) >= 11 is 0. The van der Waals surface area contributed by atoms with Gasteiger partial charge in [-0.3, -0.25) is 4.98 Å². The van der Waals surface area contributed by atoms with Gasteiger partial charge in [-0.05, 0) is 12.8 Å². The Morgan fingerprint density at radius 3 is 2.15 bits per heavy atom. The van der Waals surface area contributed by atoms with Gasteiger partial charge in [0.2, 0.25) is 0 Å². The Bertz CT molecular complexity index is 361. The molecule has 0 aromatic carbocycles. The van der Waals surface area contributed by atoms with Crippen LogP contribution >= 0.6 is 0 Å². The lowest BCUT2D eigenvalue weighted by Crippen LogP contribution is -2.24. The summed E-state index contributed by atoms with van der Waals surface area (Å²) in [6.07, 6.45) is 15.1. The Labute approximate surface area is 124 Å². The zero-order valence-electron chi connectivity index (χ0n) is 13.5. The third-order valence-electron chi connectivity index (χ3n) is 4.20. The molecule has 0 aliphatic heterocycles. The zero-order valence-corrected chi connectivity index (χ0v) is 13.5. The van der Waals surface area contributed by atoms with Crippen LogP contribution in [0, 0.1) is 0 Å². The topological polar surface area (TPSA) is 51.8 Å². The van der Waals surface area contributed by atoms with E-state index in [1.54, 1.807) is 6.20 Å². The van der Waals surface area contributed by atoms with E-state index in [2.05, 4.69) is 30.7 Å². The fraction of sp³-hybridized carbons (Fsp3) is 0.765. The number of hydrogen-bond donors (Lipinski definition) is 1. The van der Waals surface area contributed by atoms with Crippen molar-refractivity contribution in [2.45, 2.75) is 84.0 Å². The highest BCUT2D eigenvalue weighted by Crippen LogP contribution is 2.33. The number of nitrogens with zero attached hydrogens (tertiary/aromatic N) is 2. The SMILES string of the molecule is CCCCCCCC(C)(CCCC)c1cnc(N)cn1. The summed E-state index contributed by atoms with van der Waals surface area (Å²) in [5.74, 6) is 0.509. The molecule has 1 aromatic rings.